The number of nitrogens with one attached hydrogen (secondary N) is 2. The van der Waals surface area contributed by atoms with Crippen LogP contribution in [0.2, 0.25) is 0 Å². The summed E-state index contributed by atoms with van der Waals surface area (Å²) in [4.78, 5) is 46.3. The Hall–Kier alpha value is -3.67. The highest BCUT2D eigenvalue weighted by molar-refractivity contribution is 6.07. The Balaban J connectivity index is 1.66. The number of likely N-dealkylation sites (N-methyl/N-ethyl adjacent to an activating group) is 1. The van der Waals surface area contributed by atoms with E-state index < -0.39 is 17.6 Å². The van der Waals surface area contributed by atoms with Crippen molar-refractivity contribution in [3.8, 4) is 0 Å². The number of aromatic nitrogens is 2. The van der Waals surface area contributed by atoms with Crippen LogP contribution in [-0.2, 0) is 15.0 Å². The van der Waals surface area contributed by atoms with Crippen LogP contribution in [0, 0.1) is 12.5 Å². The number of rotatable bonds is 5. The lowest BCUT2D eigenvalue weighted by Crippen LogP contribution is -2.51. The third kappa shape index (κ3) is 3.42. The van der Waals surface area contributed by atoms with Gasteiger partial charge in [-0.25, -0.2) is 6.57 Å². The number of fused-ring (bicyclic) bond motifs is 2. The van der Waals surface area contributed by atoms with Crippen LogP contribution in [0.15, 0.2) is 36.5 Å². The van der Waals surface area contributed by atoms with Gasteiger partial charge in [-0.1, -0.05) is 32.0 Å². The van der Waals surface area contributed by atoms with E-state index in [0.717, 1.165) is 11.3 Å². The molecule has 2 N–H and O–H groups in total. The molecule has 1 fully saturated rings. The number of benzene rings is 1. The smallest absolute Gasteiger partial charge is 0.302 e. The summed E-state index contributed by atoms with van der Waals surface area (Å²) < 4.78 is 0. The van der Waals surface area contributed by atoms with Gasteiger partial charge in [0.25, 0.3) is 11.8 Å². The zero-order valence-corrected chi connectivity index (χ0v) is 18.3. The molecule has 3 heterocycles. The SMILES string of the molecule is [C-]#[N+][C@@H]1C[C@@]2(CN1C(=O)[C@H](CC(C)C)N(C)C(=O)c1ccn[nH]1)C(=O)Nc1ccccc12. The van der Waals surface area contributed by atoms with Gasteiger partial charge in [-0.15, -0.1) is 0 Å². The lowest BCUT2D eigenvalue weighted by atomic mass is 9.80. The van der Waals surface area contributed by atoms with Crippen LogP contribution in [0.5, 0.6) is 0 Å². The van der Waals surface area contributed by atoms with E-state index in [1.165, 1.54) is 16.0 Å². The quantitative estimate of drug-likeness (QED) is 0.705. The van der Waals surface area contributed by atoms with Crippen molar-refractivity contribution >= 4 is 23.4 Å². The summed E-state index contributed by atoms with van der Waals surface area (Å²) in [6, 6.07) is 8.21. The fraction of sp³-hybridized carbons (Fsp3) is 0.435. The molecule has 2 aromatic rings. The molecule has 2 aliphatic rings. The average Bonchev–Trinajstić information content (AvgIpc) is 3.50. The van der Waals surface area contributed by atoms with Gasteiger partial charge in [0.15, 0.2) is 0 Å². The summed E-state index contributed by atoms with van der Waals surface area (Å²) in [5.74, 6) is -0.716. The fourth-order valence-electron chi connectivity index (χ4n) is 4.73. The lowest BCUT2D eigenvalue weighted by molar-refractivity contribution is -0.136. The molecule has 3 amide bonds. The van der Waals surface area contributed by atoms with E-state index in [-0.39, 0.29) is 42.3 Å². The molecule has 166 valence electrons. The molecule has 9 heteroatoms. The minimum atomic E-state index is -0.949. The number of para-hydroxylation sites is 1. The van der Waals surface area contributed by atoms with Gasteiger partial charge in [0, 0.05) is 25.5 Å². The number of carbonyl (C=O) groups is 3. The van der Waals surface area contributed by atoms with Crippen molar-refractivity contribution in [2.75, 3.05) is 18.9 Å². The molecule has 32 heavy (non-hydrogen) atoms. The molecular formula is C23H26N6O3. The average molecular weight is 435 g/mol. The first-order valence-electron chi connectivity index (χ1n) is 10.6. The minimum absolute atomic E-state index is 0.114. The molecule has 0 bridgehead atoms. The highest BCUT2D eigenvalue weighted by Crippen LogP contribution is 2.46. The van der Waals surface area contributed by atoms with Gasteiger partial charge < -0.3 is 10.2 Å². The third-order valence-electron chi connectivity index (χ3n) is 6.39. The summed E-state index contributed by atoms with van der Waals surface area (Å²) >= 11 is 0. The topological polar surface area (TPSA) is 103 Å². The number of amides is 3. The van der Waals surface area contributed by atoms with Crippen molar-refractivity contribution in [3.63, 3.8) is 0 Å². The van der Waals surface area contributed by atoms with Crippen LogP contribution in [0.4, 0.5) is 5.69 Å². The van der Waals surface area contributed by atoms with Crippen molar-refractivity contribution in [1.82, 2.24) is 20.0 Å². The molecule has 4 rings (SSSR count). The molecule has 1 spiro atoms. The minimum Gasteiger partial charge on any atom is -0.328 e. The number of hydrogen-bond acceptors (Lipinski definition) is 4. The summed E-state index contributed by atoms with van der Waals surface area (Å²) in [5, 5.41) is 9.36. The number of hydrogen-bond donors (Lipinski definition) is 2. The number of aromatic amines is 1. The van der Waals surface area contributed by atoms with Crippen molar-refractivity contribution in [2.45, 2.75) is 44.3 Å². The molecule has 1 aromatic carbocycles. The molecule has 2 aliphatic heterocycles. The number of carbonyl (C=O) groups excluding carboxylic acids is 3. The van der Waals surface area contributed by atoms with Gasteiger partial charge >= 0.3 is 6.17 Å². The Morgan fingerprint density at radius 2 is 2.09 bits per heavy atom. The maximum Gasteiger partial charge on any atom is 0.302 e. The van der Waals surface area contributed by atoms with Crippen molar-refractivity contribution in [3.05, 3.63) is 59.2 Å². The molecule has 3 atom stereocenters. The second-order valence-corrected chi connectivity index (χ2v) is 8.89. The lowest BCUT2D eigenvalue weighted by Gasteiger charge is -2.32. The molecule has 0 aliphatic carbocycles. The first-order chi connectivity index (χ1) is 15.3. The maximum absolute atomic E-state index is 13.8. The van der Waals surface area contributed by atoms with Crippen LogP contribution in [0.1, 0.15) is 42.7 Å². The van der Waals surface area contributed by atoms with E-state index in [0.29, 0.717) is 6.42 Å². The van der Waals surface area contributed by atoms with Gasteiger partial charge in [0.1, 0.15) is 17.2 Å². The molecule has 1 aromatic heterocycles. The predicted octanol–water partition coefficient (Wildman–Crippen LogP) is 2.26. The Bertz CT molecular complexity index is 1090. The van der Waals surface area contributed by atoms with E-state index >= 15 is 0 Å². The second kappa shape index (κ2) is 8.11. The number of H-pyrrole nitrogens is 1. The molecule has 0 saturated carbocycles. The normalized spacial score (nSPS) is 22.5. The van der Waals surface area contributed by atoms with Crippen LogP contribution >= 0.6 is 0 Å². The zero-order valence-electron chi connectivity index (χ0n) is 18.3. The number of anilines is 1. The van der Waals surface area contributed by atoms with Crippen molar-refractivity contribution < 1.29 is 14.4 Å². The fourth-order valence-corrected chi connectivity index (χ4v) is 4.73. The van der Waals surface area contributed by atoms with Crippen LogP contribution in [-0.4, -0.2) is 63.5 Å². The second-order valence-electron chi connectivity index (χ2n) is 8.89. The summed E-state index contributed by atoms with van der Waals surface area (Å²) in [5.41, 5.74) is 0.880. The Kier molecular flexibility index (Phi) is 5.46. The monoisotopic (exact) mass is 434 g/mol. The molecule has 1 saturated heterocycles. The number of nitrogens with zero attached hydrogens (tertiary/aromatic N) is 4. The molecule has 0 unspecified atom stereocenters. The molecular weight excluding hydrogens is 408 g/mol. The Labute approximate surface area is 186 Å². The van der Waals surface area contributed by atoms with E-state index in [9.17, 15) is 14.4 Å². The standard InChI is InChI=1S/C23H26N6O3/c1-14(2)11-18(28(4)20(30)17-9-10-25-27-17)21(31)29-13-23(12-19(29)24-3)15-7-5-6-8-16(15)26-22(23)32/h5-10,14,18-19H,11-13H2,1-2,4H3,(H,25,27)(H,26,32)/t18-,19-,23-/m0/s1. The summed E-state index contributed by atoms with van der Waals surface area (Å²) in [6.45, 7) is 11.8. The van der Waals surface area contributed by atoms with Gasteiger partial charge in [0.05, 0.1) is 6.42 Å². The van der Waals surface area contributed by atoms with Gasteiger partial charge in [-0.3, -0.25) is 29.2 Å². The van der Waals surface area contributed by atoms with E-state index in [2.05, 4.69) is 20.4 Å². The Morgan fingerprint density at radius 3 is 2.75 bits per heavy atom. The maximum atomic E-state index is 13.8. The first-order valence-corrected chi connectivity index (χ1v) is 10.6. The molecule has 9 nitrogen and oxygen atoms in total. The van der Waals surface area contributed by atoms with Gasteiger partial charge in [-0.2, -0.15) is 5.10 Å². The van der Waals surface area contributed by atoms with Crippen LogP contribution in [0.25, 0.3) is 4.85 Å². The highest BCUT2D eigenvalue weighted by atomic mass is 16.2. The third-order valence-corrected chi connectivity index (χ3v) is 6.39. The number of likely N-dealkylation sites (tertiary alicyclic amines) is 1. The predicted molar refractivity (Wildman–Crippen MR) is 117 cm³/mol. The van der Waals surface area contributed by atoms with Crippen LogP contribution < -0.4 is 5.32 Å². The highest BCUT2D eigenvalue weighted by Gasteiger charge is 2.59. The molecule has 0 radical (unpaired) electrons. The van der Waals surface area contributed by atoms with E-state index in [1.54, 1.807) is 13.1 Å². The first kappa shape index (κ1) is 21.6. The summed E-state index contributed by atoms with van der Waals surface area (Å²) in [7, 11) is 1.59. The largest absolute Gasteiger partial charge is 0.328 e. The van der Waals surface area contributed by atoms with Crippen molar-refractivity contribution in [1.29, 1.82) is 0 Å². The Morgan fingerprint density at radius 1 is 1.34 bits per heavy atom. The van der Waals surface area contributed by atoms with Gasteiger partial charge in [-0.05, 0) is 30.0 Å². The summed E-state index contributed by atoms with van der Waals surface area (Å²) in [6.07, 6.45) is 1.38. The van der Waals surface area contributed by atoms with Crippen molar-refractivity contribution in [2.24, 2.45) is 5.92 Å². The van der Waals surface area contributed by atoms with Gasteiger partial charge in [0.2, 0.25) is 5.91 Å². The van der Waals surface area contributed by atoms with Crippen LogP contribution in [0.3, 0.4) is 0 Å². The van der Waals surface area contributed by atoms with E-state index in [4.69, 9.17) is 6.57 Å². The zero-order chi connectivity index (χ0) is 23.0. The van der Waals surface area contributed by atoms with E-state index in [1.807, 2.05) is 38.1 Å².